The first-order valence-corrected chi connectivity index (χ1v) is 20.6. The third kappa shape index (κ3) is 10.2. The average molecular weight is 761 g/mol. The minimum Gasteiger partial charge on any atom is -0.451 e. The SMILES string of the molecule is C=CC(C)(CO[Si](C)(C)C(C)(C)C)C(=O)OC(C(=O)NC(C)C(=O)N1CCCC(C(=O)NC(C)c2ccc3ccc(Br)cc3n2)N1)C(C)C. The number of hydrazine groups is 1. The molecule has 0 spiro atoms. The van der Waals surface area contributed by atoms with E-state index in [-0.39, 0.29) is 29.5 Å². The second-order valence-electron chi connectivity index (χ2n) is 15.1. The third-order valence-electron chi connectivity index (χ3n) is 9.53. The maximum atomic E-state index is 13.4. The van der Waals surface area contributed by atoms with Crippen molar-refractivity contribution in [1.29, 1.82) is 0 Å². The molecule has 1 saturated heterocycles. The number of hydrogen-bond acceptors (Lipinski definition) is 8. The number of benzene rings is 1. The first kappa shape index (κ1) is 40.3. The van der Waals surface area contributed by atoms with Gasteiger partial charge in [0, 0.05) is 16.4 Å². The summed E-state index contributed by atoms with van der Waals surface area (Å²) in [5.41, 5.74) is 3.40. The second kappa shape index (κ2) is 16.3. The highest BCUT2D eigenvalue weighted by molar-refractivity contribution is 9.10. The Hall–Kier alpha value is -3.13. The molecule has 1 aliphatic rings. The molecule has 2 aromatic rings. The molecule has 2 heterocycles. The van der Waals surface area contributed by atoms with Crippen LogP contribution >= 0.6 is 15.9 Å². The van der Waals surface area contributed by atoms with E-state index in [0.29, 0.717) is 19.4 Å². The van der Waals surface area contributed by atoms with Crippen LogP contribution in [0, 0.1) is 11.3 Å². The van der Waals surface area contributed by atoms with Crippen LogP contribution in [0.4, 0.5) is 0 Å². The molecule has 1 aliphatic heterocycles. The topological polar surface area (TPSA) is 139 Å². The minimum absolute atomic E-state index is 0.0547. The zero-order valence-electron chi connectivity index (χ0n) is 30.6. The zero-order chi connectivity index (χ0) is 36.9. The lowest BCUT2D eigenvalue weighted by molar-refractivity contribution is -0.167. The van der Waals surface area contributed by atoms with Crippen molar-refractivity contribution in [2.24, 2.45) is 11.3 Å². The third-order valence-corrected chi connectivity index (χ3v) is 14.5. The van der Waals surface area contributed by atoms with Crippen molar-refractivity contribution in [3.63, 3.8) is 0 Å². The van der Waals surface area contributed by atoms with Crippen molar-refractivity contribution >= 4 is 58.8 Å². The van der Waals surface area contributed by atoms with Gasteiger partial charge >= 0.3 is 5.97 Å². The molecule has 3 N–H and O–H groups in total. The van der Waals surface area contributed by atoms with Crippen LogP contribution in [0.2, 0.25) is 18.1 Å². The van der Waals surface area contributed by atoms with E-state index in [1.165, 1.54) is 11.1 Å². The Bertz CT molecular complexity index is 1550. The van der Waals surface area contributed by atoms with Crippen LogP contribution in [0.5, 0.6) is 0 Å². The number of esters is 1. The van der Waals surface area contributed by atoms with E-state index < -0.39 is 49.7 Å². The fourth-order valence-electron chi connectivity index (χ4n) is 4.95. The van der Waals surface area contributed by atoms with Gasteiger partial charge in [-0.25, -0.2) is 5.43 Å². The quantitative estimate of drug-likeness (QED) is 0.129. The molecule has 5 unspecified atom stereocenters. The molecule has 0 saturated carbocycles. The number of aromatic nitrogens is 1. The number of fused-ring (bicyclic) bond motifs is 1. The Balaban J connectivity index is 1.60. The van der Waals surface area contributed by atoms with Gasteiger partial charge in [-0.3, -0.25) is 29.2 Å². The van der Waals surface area contributed by atoms with Gasteiger partial charge in [0.25, 0.3) is 11.8 Å². The van der Waals surface area contributed by atoms with Crippen molar-refractivity contribution in [1.82, 2.24) is 26.1 Å². The van der Waals surface area contributed by atoms with Gasteiger partial charge in [-0.15, -0.1) is 6.58 Å². The van der Waals surface area contributed by atoms with Crippen LogP contribution in [-0.2, 0) is 28.3 Å². The van der Waals surface area contributed by atoms with E-state index in [0.717, 1.165) is 21.1 Å². The van der Waals surface area contributed by atoms with Gasteiger partial charge in [-0.1, -0.05) is 68.8 Å². The molecular weight excluding hydrogens is 706 g/mol. The normalized spacial score (nSPS) is 18.6. The van der Waals surface area contributed by atoms with Gasteiger partial charge < -0.3 is 19.8 Å². The number of nitrogens with zero attached hydrogens (tertiary/aromatic N) is 2. The lowest BCUT2D eigenvalue weighted by Gasteiger charge is -2.39. The van der Waals surface area contributed by atoms with E-state index in [2.05, 4.69) is 72.4 Å². The molecule has 11 nitrogen and oxygen atoms in total. The van der Waals surface area contributed by atoms with Crippen molar-refractivity contribution in [3.8, 4) is 0 Å². The maximum absolute atomic E-state index is 13.4. The fourth-order valence-corrected chi connectivity index (χ4v) is 6.39. The average Bonchev–Trinajstić information content (AvgIpc) is 3.04. The number of nitrogens with one attached hydrogen (secondary N) is 3. The molecule has 0 radical (unpaired) electrons. The van der Waals surface area contributed by atoms with E-state index in [4.69, 9.17) is 14.1 Å². The summed E-state index contributed by atoms with van der Waals surface area (Å²) in [4.78, 5) is 58.2. The van der Waals surface area contributed by atoms with Gasteiger partial charge in [0.2, 0.25) is 5.91 Å². The molecule has 0 bridgehead atoms. The number of halogens is 1. The number of hydrogen-bond donors (Lipinski definition) is 3. The Morgan fingerprint density at radius 3 is 2.37 bits per heavy atom. The Kier molecular flexibility index (Phi) is 13.4. The molecular formula is C36H54BrN5O6Si. The van der Waals surface area contributed by atoms with Crippen molar-refractivity contribution < 1.29 is 28.3 Å². The van der Waals surface area contributed by atoms with Crippen molar-refractivity contribution in [3.05, 3.63) is 53.2 Å². The Labute approximate surface area is 300 Å². The van der Waals surface area contributed by atoms with E-state index in [1.807, 2.05) is 37.3 Å². The number of pyridine rings is 1. The van der Waals surface area contributed by atoms with Crippen LogP contribution in [-0.4, -0.2) is 73.3 Å². The van der Waals surface area contributed by atoms with E-state index in [9.17, 15) is 19.2 Å². The van der Waals surface area contributed by atoms with Gasteiger partial charge in [-0.2, -0.15) is 0 Å². The molecule has 5 atom stereocenters. The predicted molar refractivity (Wildman–Crippen MR) is 198 cm³/mol. The molecule has 270 valence electrons. The number of carbonyl (C=O) groups excluding carboxylic acids is 4. The van der Waals surface area contributed by atoms with Gasteiger partial charge in [0.05, 0.1) is 23.9 Å². The lowest BCUT2D eigenvalue weighted by atomic mass is 9.92. The molecule has 13 heteroatoms. The number of amides is 3. The molecule has 0 aliphatic carbocycles. The monoisotopic (exact) mass is 759 g/mol. The number of rotatable bonds is 13. The standard InChI is InChI=1S/C36H54BrN5O6Si/c1-12-36(9,21-47-49(10,11)35(6,7)8)34(46)48-30(22(2)3)32(44)39-24(5)33(45)42-19-13-14-28(41-42)31(43)38-23(4)27-18-16-25-15-17-26(37)20-29(25)40-27/h12,15-18,20,22-24,28,30,41H,1,13-14,19,21H2,2-11H3,(H,38,43)(H,39,44). The summed E-state index contributed by atoms with van der Waals surface area (Å²) in [6, 6.07) is 7.75. The highest BCUT2D eigenvalue weighted by Crippen LogP contribution is 2.38. The van der Waals surface area contributed by atoms with Crippen molar-refractivity contribution in [2.75, 3.05) is 13.2 Å². The van der Waals surface area contributed by atoms with Crippen LogP contribution < -0.4 is 16.1 Å². The molecule has 1 aromatic carbocycles. The summed E-state index contributed by atoms with van der Waals surface area (Å²) >= 11 is 3.47. The maximum Gasteiger partial charge on any atom is 0.318 e. The minimum atomic E-state index is -2.17. The van der Waals surface area contributed by atoms with Gasteiger partial charge in [0.15, 0.2) is 14.4 Å². The first-order chi connectivity index (χ1) is 22.7. The van der Waals surface area contributed by atoms with Gasteiger partial charge in [-0.05, 0) is 75.9 Å². The molecule has 49 heavy (non-hydrogen) atoms. The zero-order valence-corrected chi connectivity index (χ0v) is 33.2. The van der Waals surface area contributed by atoms with Crippen LogP contribution in [0.15, 0.2) is 47.5 Å². The summed E-state index contributed by atoms with van der Waals surface area (Å²) in [6.07, 6.45) is 1.48. The van der Waals surface area contributed by atoms with Crippen LogP contribution in [0.25, 0.3) is 10.9 Å². The van der Waals surface area contributed by atoms with E-state index in [1.54, 1.807) is 27.7 Å². The fraction of sp³-hybridized carbons (Fsp3) is 0.583. The molecule has 3 amide bonds. The second-order valence-corrected chi connectivity index (χ2v) is 20.8. The van der Waals surface area contributed by atoms with Gasteiger partial charge in [0.1, 0.15) is 17.5 Å². The highest BCUT2D eigenvalue weighted by Gasteiger charge is 2.43. The summed E-state index contributed by atoms with van der Waals surface area (Å²) in [5, 5.41) is 8.04. The van der Waals surface area contributed by atoms with Crippen molar-refractivity contribution in [2.45, 2.75) is 111 Å². The van der Waals surface area contributed by atoms with Crippen LogP contribution in [0.3, 0.4) is 0 Å². The first-order valence-electron chi connectivity index (χ1n) is 16.9. The van der Waals surface area contributed by atoms with Crippen LogP contribution in [0.1, 0.15) is 80.0 Å². The smallest absolute Gasteiger partial charge is 0.318 e. The number of ether oxygens (including phenoxy) is 1. The Morgan fingerprint density at radius 1 is 1.10 bits per heavy atom. The summed E-state index contributed by atoms with van der Waals surface area (Å²) in [7, 11) is -2.17. The van der Waals surface area contributed by atoms with E-state index >= 15 is 0 Å². The summed E-state index contributed by atoms with van der Waals surface area (Å²) < 4.78 is 13.0. The Morgan fingerprint density at radius 2 is 1.76 bits per heavy atom. The molecule has 1 aromatic heterocycles. The number of carbonyl (C=O) groups is 4. The molecule has 1 fully saturated rings. The lowest BCUT2D eigenvalue weighted by Crippen LogP contribution is -2.61. The highest BCUT2D eigenvalue weighted by atomic mass is 79.9. The molecule has 3 rings (SSSR count). The predicted octanol–water partition coefficient (Wildman–Crippen LogP) is 5.96. The summed E-state index contributed by atoms with van der Waals surface area (Å²) in [5.74, 6) is -2.25. The largest absolute Gasteiger partial charge is 0.451 e. The summed E-state index contributed by atoms with van der Waals surface area (Å²) in [6.45, 7) is 23.5.